The molecule has 1 atom stereocenters. The van der Waals surface area contributed by atoms with E-state index in [4.69, 9.17) is 5.11 Å². The van der Waals surface area contributed by atoms with Gasteiger partial charge in [-0.3, -0.25) is 4.79 Å². The van der Waals surface area contributed by atoms with E-state index >= 15 is 0 Å². The van der Waals surface area contributed by atoms with Crippen LogP contribution < -0.4 is 5.32 Å². The van der Waals surface area contributed by atoms with Gasteiger partial charge in [0.2, 0.25) is 5.91 Å². The maximum Gasteiger partial charge on any atom is 0.233 e. The van der Waals surface area contributed by atoms with Crippen LogP contribution in [0.15, 0.2) is 0 Å². The number of rotatable bonds is 5. The molecule has 11 heavy (non-hydrogen) atoms. The van der Waals surface area contributed by atoms with Gasteiger partial charge in [-0.1, -0.05) is 15.9 Å². The predicted octanol–water partition coefficient (Wildman–Crippen LogP) is 0.658. The zero-order valence-electron chi connectivity index (χ0n) is 6.64. The number of hydrogen-bond acceptors (Lipinski definition) is 2. The fraction of sp³-hybridized carbons (Fsp3) is 0.857. The van der Waals surface area contributed by atoms with Crippen LogP contribution >= 0.6 is 15.9 Å². The Hall–Kier alpha value is -0.0900. The topological polar surface area (TPSA) is 49.3 Å². The van der Waals surface area contributed by atoms with Crippen LogP contribution in [0.2, 0.25) is 0 Å². The van der Waals surface area contributed by atoms with E-state index in [1.807, 2.05) is 0 Å². The Balaban J connectivity index is 3.18. The summed E-state index contributed by atoms with van der Waals surface area (Å²) in [7, 11) is 0. The summed E-state index contributed by atoms with van der Waals surface area (Å²) >= 11 is 3.15. The van der Waals surface area contributed by atoms with Gasteiger partial charge in [-0.05, 0) is 19.8 Å². The van der Waals surface area contributed by atoms with Gasteiger partial charge in [-0.25, -0.2) is 0 Å². The fourth-order valence-electron chi connectivity index (χ4n) is 0.589. The van der Waals surface area contributed by atoms with Crippen LogP contribution in [0.25, 0.3) is 0 Å². The molecule has 0 saturated heterocycles. The van der Waals surface area contributed by atoms with Crippen molar-refractivity contribution in [2.24, 2.45) is 0 Å². The summed E-state index contributed by atoms with van der Waals surface area (Å²) in [5, 5.41) is 11.1. The SMILES string of the molecule is CC(Br)C(=O)NCCCCO. The van der Waals surface area contributed by atoms with Crippen LogP contribution in [0.4, 0.5) is 0 Å². The summed E-state index contributed by atoms with van der Waals surface area (Å²) in [5.41, 5.74) is 0. The van der Waals surface area contributed by atoms with Crippen molar-refractivity contribution in [2.45, 2.75) is 24.6 Å². The Morgan fingerprint density at radius 2 is 2.27 bits per heavy atom. The molecule has 4 heteroatoms. The summed E-state index contributed by atoms with van der Waals surface area (Å²) in [6.45, 7) is 2.62. The van der Waals surface area contributed by atoms with Crippen molar-refractivity contribution < 1.29 is 9.90 Å². The number of halogens is 1. The highest BCUT2D eigenvalue weighted by Gasteiger charge is 2.05. The lowest BCUT2D eigenvalue weighted by Crippen LogP contribution is -2.30. The molecule has 0 radical (unpaired) electrons. The van der Waals surface area contributed by atoms with Crippen LogP contribution in [-0.4, -0.2) is 29.0 Å². The minimum absolute atomic E-state index is 0.00272. The largest absolute Gasteiger partial charge is 0.396 e. The smallest absolute Gasteiger partial charge is 0.233 e. The summed E-state index contributed by atoms with van der Waals surface area (Å²) in [6.07, 6.45) is 1.58. The fourth-order valence-corrected chi connectivity index (χ4v) is 0.751. The van der Waals surface area contributed by atoms with E-state index in [1.165, 1.54) is 0 Å². The summed E-state index contributed by atoms with van der Waals surface area (Å²) in [5.74, 6) is 0.00272. The van der Waals surface area contributed by atoms with Gasteiger partial charge in [0.1, 0.15) is 0 Å². The molecule has 1 unspecified atom stereocenters. The molecule has 0 spiro atoms. The minimum Gasteiger partial charge on any atom is -0.396 e. The number of alkyl halides is 1. The van der Waals surface area contributed by atoms with E-state index < -0.39 is 0 Å². The van der Waals surface area contributed by atoms with Gasteiger partial charge >= 0.3 is 0 Å². The second kappa shape index (κ2) is 6.61. The zero-order chi connectivity index (χ0) is 8.69. The minimum atomic E-state index is -0.128. The summed E-state index contributed by atoms with van der Waals surface area (Å²) in [4.78, 5) is 10.8. The molecule has 2 N–H and O–H groups in total. The molecular weight excluding hydrogens is 210 g/mol. The van der Waals surface area contributed by atoms with E-state index in [-0.39, 0.29) is 17.3 Å². The van der Waals surface area contributed by atoms with E-state index in [2.05, 4.69) is 21.2 Å². The number of amides is 1. The van der Waals surface area contributed by atoms with Gasteiger partial charge in [-0.15, -0.1) is 0 Å². The number of aliphatic hydroxyl groups is 1. The Morgan fingerprint density at radius 1 is 1.64 bits per heavy atom. The van der Waals surface area contributed by atoms with Gasteiger partial charge < -0.3 is 10.4 Å². The van der Waals surface area contributed by atoms with E-state index in [0.29, 0.717) is 6.54 Å². The Morgan fingerprint density at radius 3 is 2.73 bits per heavy atom. The highest BCUT2D eigenvalue weighted by Crippen LogP contribution is 1.96. The summed E-state index contributed by atoms with van der Waals surface area (Å²) in [6, 6.07) is 0. The molecule has 3 nitrogen and oxygen atoms in total. The Kier molecular flexibility index (Phi) is 6.56. The normalized spacial score (nSPS) is 12.6. The third-order valence-electron chi connectivity index (χ3n) is 1.25. The number of carbonyl (C=O) groups excluding carboxylic acids is 1. The number of unbranched alkanes of at least 4 members (excludes halogenated alkanes) is 1. The Labute approximate surface area is 75.3 Å². The van der Waals surface area contributed by atoms with Crippen molar-refractivity contribution in [1.82, 2.24) is 5.32 Å². The third kappa shape index (κ3) is 6.31. The molecule has 0 saturated carbocycles. The Bertz CT molecular complexity index is 117. The van der Waals surface area contributed by atoms with Gasteiger partial charge in [0.25, 0.3) is 0 Å². The molecular formula is C7H14BrNO2. The predicted molar refractivity (Wildman–Crippen MR) is 47.7 cm³/mol. The van der Waals surface area contributed by atoms with Crippen LogP contribution in [0.3, 0.4) is 0 Å². The average molecular weight is 224 g/mol. The summed E-state index contributed by atoms with van der Waals surface area (Å²) < 4.78 is 0. The molecule has 0 aliphatic rings. The standard InChI is InChI=1S/C7H14BrNO2/c1-6(8)7(11)9-4-2-3-5-10/h6,10H,2-5H2,1H3,(H,9,11). The maximum absolute atomic E-state index is 10.9. The van der Waals surface area contributed by atoms with Gasteiger partial charge in [0, 0.05) is 13.2 Å². The van der Waals surface area contributed by atoms with Gasteiger partial charge in [-0.2, -0.15) is 0 Å². The van der Waals surface area contributed by atoms with Crippen LogP contribution in [-0.2, 0) is 4.79 Å². The van der Waals surface area contributed by atoms with Crippen molar-refractivity contribution in [1.29, 1.82) is 0 Å². The van der Waals surface area contributed by atoms with Gasteiger partial charge in [0.15, 0.2) is 0 Å². The quantitative estimate of drug-likeness (QED) is 0.532. The first-order valence-corrected chi connectivity index (χ1v) is 4.62. The zero-order valence-corrected chi connectivity index (χ0v) is 8.23. The van der Waals surface area contributed by atoms with Crippen molar-refractivity contribution in [2.75, 3.05) is 13.2 Å². The van der Waals surface area contributed by atoms with Crippen LogP contribution in [0.5, 0.6) is 0 Å². The van der Waals surface area contributed by atoms with E-state index in [9.17, 15) is 4.79 Å². The first kappa shape index (κ1) is 10.9. The highest BCUT2D eigenvalue weighted by atomic mass is 79.9. The van der Waals surface area contributed by atoms with Crippen molar-refractivity contribution in [3.63, 3.8) is 0 Å². The van der Waals surface area contributed by atoms with Crippen molar-refractivity contribution in [3.8, 4) is 0 Å². The second-order valence-corrected chi connectivity index (χ2v) is 3.71. The molecule has 0 heterocycles. The third-order valence-corrected chi connectivity index (χ3v) is 1.66. The highest BCUT2D eigenvalue weighted by molar-refractivity contribution is 9.10. The lowest BCUT2D eigenvalue weighted by atomic mass is 10.3. The molecule has 1 amide bonds. The maximum atomic E-state index is 10.9. The molecule has 0 bridgehead atoms. The molecule has 0 aliphatic heterocycles. The molecule has 0 rings (SSSR count). The monoisotopic (exact) mass is 223 g/mol. The lowest BCUT2D eigenvalue weighted by molar-refractivity contribution is -0.120. The second-order valence-electron chi connectivity index (χ2n) is 2.34. The first-order chi connectivity index (χ1) is 5.18. The number of nitrogens with one attached hydrogen (secondary N) is 1. The molecule has 0 aromatic heterocycles. The molecule has 0 aromatic carbocycles. The molecule has 0 aliphatic carbocycles. The van der Waals surface area contributed by atoms with E-state index in [1.54, 1.807) is 6.92 Å². The number of hydrogen-bond donors (Lipinski definition) is 2. The molecule has 0 fully saturated rings. The van der Waals surface area contributed by atoms with Crippen LogP contribution in [0.1, 0.15) is 19.8 Å². The number of aliphatic hydroxyl groups excluding tert-OH is 1. The number of carbonyl (C=O) groups is 1. The van der Waals surface area contributed by atoms with E-state index in [0.717, 1.165) is 12.8 Å². The lowest BCUT2D eigenvalue weighted by Gasteiger charge is -2.04. The van der Waals surface area contributed by atoms with Crippen molar-refractivity contribution in [3.05, 3.63) is 0 Å². The van der Waals surface area contributed by atoms with Gasteiger partial charge in [0.05, 0.1) is 4.83 Å². The molecule has 66 valence electrons. The average Bonchev–Trinajstić information content (AvgIpc) is 1.97. The molecule has 0 aromatic rings. The first-order valence-electron chi connectivity index (χ1n) is 3.71. The van der Waals surface area contributed by atoms with Crippen LogP contribution in [0, 0.1) is 0 Å². The van der Waals surface area contributed by atoms with Crippen molar-refractivity contribution >= 4 is 21.8 Å².